The molecular formula is C13H18F3NO2S. The van der Waals surface area contributed by atoms with Gasteiger partial charge in [0.05, 0.1) is 12.7 Å². The molecule has 0 heterocycles. The molecule has 0 spiro atoms. The number of benzene rings is 1. The highest BCUT2D eigenvalue weighted by Gasteiger charge is 2.28. The number of methoxy groups -OCH3 is 2. The van der Waals surface area contributed by atoms with Gasteiger partial charge in [-0.15, -0.1) is 0 Å². The van der Waals surface area contributed by atoms with Gasteiger partial charge in [-0.2, -0.15) is 13.2 Å². The summed E-state index contributed by atoms with van der Waals surface area (Å²) >= 11 is -0.109. The number of rotatable bonds is 8. The standard InChI is InChI=1S/C13H18F3NO2S/c1-18-9-11(19-2)8-17-7-10-3-5-12(6-4-10)20-13(14,15)16/h3-6,11,17H,7-9H2,1-2H3. The largest absolute Gasteiger partial charge is 0.446 e. The predicted molar refractivity (Wildman–Crippen MR) is 72.7 cm³/mol. The minimum atomic E-state index is -4.24. The molecule has 3 nitrogen and oxygen atoms in total. The average molecular weight is 309 g/mol. The summed E-state index contributed by atoms with van der Waals surface area (Å²) < 4.78 is 46.7. The molecule has 0 aliphatic carbocycles. The van der Waals surface area contributed by atoms with Crippen molar-refractivity contribution in [2.24, 2.45) is 0 Å². The molecule has 0 saturated carbocycles. The number of alkyl halides is 3. The van der Waals surface area contributed by atoms with Gasteiger partial charge in [0.2, 0.25) is 0 Å². The Morgan fingerprint density at radius 2 is 1.85 bits per heavy atom. The van der Waals surface area contributed by atoms with Gasteiger partial charge in [-0.25, -0.2) is 0 Å². The van der Waals surface area contributed by atoms with Crippen LogP contribution in [-0.2, 0) is 16.0 Å². The number of nitrogens with one attached hydrogen (secondary N) is 1. The van der Waals surface area contributed by atoms with E-state index in [1.54, 1.807) is 26.4 Å². The quantitative estimate of drug-likeness (QED) is 0.748. The fourth-order valence-corrected chi connectivity index (χ4v) is 2.12. The third-order valence-electron chi connectivity index (χ3n) is 2.54. The summed E-state index contributed by atoms with van der Waals surface area (Å²) in [5.41, 5.74) is -3.32. The summed E-state index contributed by atoms with van der Waals surface area (Å²) in [5.74, 6) is 0. The van der Waals surface area contributed by atoms with Gasteiger partial charge in [0.1, 0.15) is 0 Å². The SMILES string of the molecule is COCC(CNCc1ccc(SC(F)(F)F)cc1)OC. The lowest BCUT2D eigenvalue weighted by molar-refractivity contribution is -0.0328. The van der Waals surface area contributed by atoms with Crippen molar-refractivity contribution in [2.75, 3.05) is 27.4 Å². The van der Waals surface area contributed by atoms with Crippen molar-refractivity contribution >= 4 is 11.8 Å². The van der Waals surface area contributed by atoms with E-state index in [1.807, 2.05) is 0 Å². The molecule has 0 radical (unpaired) electrons. The molecule has 0 aliphatic rings. The highest BCUT2D eigenvalue weighted by molar-refractivity contribution is 8.00. The molecule has 1 unspecified atom stereocenters. The first-order chi connectivity index (χ1) is 9.44. The Bertz CT molecular complexity index is 384. The second-order valence-electron chi connectivity index (χ2n) is 4.14. The van der Waals surface area contributed by atoms with Gasteiger partial charge < -0.3 is 14.8 Å². The van der Waals surface area contributed by atoms with E-state index in [9.17, 15) is 13.2 Å². The van der Waals surface area contributed by atoms with Crippen LogP contribution in [0, 0.1) is 0 Å². The van der Waals surface area contributed by atoms with E-state index in [0.29, 0.717) is 19.7 Å². The molecule has 1 aromatic rings. The first-order valence-electron chi connectivity index (χ1n) is 6.01. The Hall–Kier alpha value is -0.760. The highest BCUT2D eigenvalue weighted by atomic mass is 32.2. The Kier molecular flexibility index (Phi) is 7.36. The Morgan fingerprint density at radius 3 is 2.35 bits per heavy atom. The molecular weight excluding hydrogens is 291 g/mol. The topological polar surface area (TPSA) is 30.5 Å². The molecule has 114 valence electrons. The van der Waals surface area contributed by atoms with E-state index in [4.69, 9.17) is 9.47 Å². The van der Waals surface area contributed by atoms with E-state index >= 15 is 0 Å². The minimum absolute atomic E-state index is 0.0416. The van der Waals surface area contributed by atoms with Crippen molar-refractivity contribution in [3.63, 3.8) is 0 Å². The van der Waals surface area contributed by atoms with Gasteiger partial charge in [-0.05, 0) is 29.5 Å². The maximum Gasteiger partial charge on any atom is 0.446 e. The zero-order chi connectivity index (χ0) is 15.0. The molecule has 1 N–H and O–H groups in total. The fourth-order valence-electron chi connectivity index (χ4n) is 1.58. The molecule has 7 heteroatoms. The van der Waals surface area contributed by atoms with E-state index in [0.717, 1.165) is 5.56 Å². The monoisotopic (exact) mass is 309 g/mol. The highest BCUT2D eigenvalue weighted by Crippen LogP contribution is 2.36. The zero-order valence-corrected chi connectivity index (χ0v) is 12.2. The van der Waals surface area contributed by atoms with E-state index in [1.165, 1.54) is 12.1 Å². The van der Waals surface area contributed by atoms with Crippen LogP contribution in [0.4, 0.5) is 13.2 Å². The lowest BCUT2D eigenvalue weighted by atomic mass is 10.2. The number of ether oxygens (including phenoxy) is 2. The van der Waals surface area contributed by atoms with Crippen molar-refractivity contribution in [3.05, 3.63) is 29.8 Å². The van der Waals surface area contributed by atoms with Crippen LogP contribution >= 0.6 is 11.8 Å². The Balaban J connectivity index is 2.38. The Morgan fingerprint density at radius 1 is 1.20 bits per heavy atom. The summed E-state index contributed by atoms with van der Waals surface area (Å²) in [7, 11) is 3.21. The van der Waals surface area contributed by atoms with Gasteiger partial charge in [-0.3, -0.25) is 0 Å². The summed E-state index contributed by atoms with van der Waals surface area (Å²) in [6.07, 6.45) is -0.0416. The molecule has 0 aromatic heterocycles. The van der Waals surface area contributed by atoms with Crippen molar-refractivity contribution in [3.8, 4) is 0 Å². The predicted octanol–water partition coefficient (Wildman–Crippen LogP) is 3.05. The molecule has 0 bridgehead atoms. The Labute approximate surface area is 120 Å². The lowest BCUT2D eigenvalue weighted by Crippen LogP contribution is -2.31. The summed E-state index contributed by atoms with van der Waals surface area (Å²) in [6.45, 7) is 1.68. The number of thioether (sulfide) groups is 1. The van der Waals surface area contributed by atoms with Crippen LogP contribution in [0.2, 0.25) is 0 Å². The second-order valence-corrected chi connectivity index (χ2v) is 5.27. The molecule has 20 heavy (non-hydrogen) atoms. The first kappa shape index (κ1) is 17.3. The molecule has 1 atom stereocenters. The molecule has 0 amide bonds. The van der Waals surface area contributed by atoms with E-state index < -0.39 is 5.51 Å². The third-order valence-corrected chi connectivity index (χ3v) is 3.28. The number of hydrogen-bond acceptors (Lipinski definition) is 4. The van der Waals surface area contributed by atoms with E-state index in [2.05, 4.69) is 5.32 Å². The van der Waals surface area contributed by atoms with Crippen molar-refractivity contribution in [2.45, 2.75) is 23.1 Å². The van der Waals surface area contributed by atoms with Crippen LogP contribution in [0.25, 0.3) is 0 Å². The number of halogens is 3. The second kappa shape index (κ2) is 8.51. The van der Waals surface area contributed by atoms with Crippen molar-refractivity contribution < 1.29 is 22.6 Å². The summed E-state index contributed by atoms with van der Waals surface area (Å²) in [5, 5.41) is 3.17. The normalized spacial score (nSPS) is 13.4. The van der Waals surface area contributed by atoms with Crippen molar-refractivity contribution in [1.29, 1.82) is 0 Å². The van der Waals surface area contributed by atoms with Crippen LogP contribution in [0.3, 0.4) is 0 Å². The summed E-state index contributed by atoms with van der Waals surface area (Å²) in [4.78, 5) is 0.190. The molecule has 0 fully saturated rings. The van der Waals surface area contributed by atoms with E-state index in [-0.39, 0.29) is 22.8 Å². The lowest BCUT2D eigenvalue weighted by Gasteiger charge is -2.15. The summed E-state index contributed by atoms with van der Waals surface area (Å²) in [6, 6.07) is 6.30. The smallest absolute Gasteiger partial charge is 0.382 e. The average Bonchev–Trinajstić information content (AvgIpc) is 2.38. The van der Waals surface area contributed by atoms with Crippen LogP contribution in [0.5, 0.6) is 0 Å². The molecule has 0 aliphatic heterocycles. The first-order valence-corrected chi connectivity index (χ1v) is 6.83. The van der Waals surface area contributed by atoms with Gasteiger partial charge >= 0.3 is 5.51 Å². The van der Waals surface area contributed by atoms with Gasteiger partial charge in [-0.1, -0.05) is 12.1 Å². The van der Waals surface area contributed by atoms with Crippen LogP contribution < -0.4 is 5.32 Å². The third kappa shape index (κ3) is 7.14. The van der Waals surface area contributed by atoms with Gasteiger partial charge in [0, 0.05) is 32.2 Å². The van der Waals surface area contributed by atoms with Gasteiger partial charge in [0.15, 0.2) is 0 Å². The number of hydrogen-bond donors (Lipinski definition) is 1. The van der Waals surface area contributed by atoms with Gasteiger partial charge in [0.25, 0.3) is 0 Å². The molecule has 1 rings (SSSR count). The zero-order valence-electron chi connectivity index (χ0n) is 11.4. The maximum absolute atomic E-state index is 12.2. The molecule has 0 saturated heterocycles. The van der Waals surface area contributed by atoms with Crippen LogP contribution in [-0.4, -0.2) is 39.0 Å². The maximum atomic E-state index is 12.2. The van der Waals surface area contributed by atoms with Crippen molar-refractivity contribution in [1.82, 2.24) is 5.32 Å². The van der Waals surface area contributed by atoms with Crippen LogP contribution in [0.1, 0.15) is 5.56 Å². The molecule has 1 aromatic carbocycles. The minimum Gasteiger partial charge on any atom is -0.382 e. The van der Waals surface area contributed by atoms with Crippen LogP contribution in [0.15, 0.2) is 29.2 Å². The fraction of sp³-hybridized carbons (Fsp3) is 0.538.